The van der Waals surface area contributed by atoms with Gasteiger partial charge in [-0.1, -0.05) is 24.6 Å². The minimum Gasteiger partial charge on any atom is -0.335 e. The normalized spacial score (nSPS) is 12.7. The van der Waals surface area contributed by atoms with Crippen LogP contribution in [-0.2, 0) is 6.54 Å². The van der Waals surface area contributed by atoms with Crippen LogP contribution in [-0.4, -0.2) is 19.1 Å². The molecule has 2 aromatic heterocycles. The topological polar surface area (TPSA) is 52.7 Å². The summed E-state index contributed by atoms with van der Waals surface area (Å²) >= 11 is 6.16. The van der Waals surface area contributed by atoms with E-state index in [1.807, 2.05) is 17.7 Å². The minimum absolute atomic E-state index is 0.0138. The molecule has 0 N–H and O–H groups in total. The Kier molecular flexibility index (Phi) is 3.75. The van der Waals surface area contributed by atoms with Gasteiger partial charge in [0, 0.05) is 18.9 Å². The van der Waals surface area contributed by atoms with Crippen LogP contribution in [0.4, 0.5) is 0 Å². The van der Waals surface area contributed by atoms with Gasteiger partial charge in [0.05, 0.1) is 34.6 Å². The summed E-state index contributed by atoms with van der Waals surface area (Å²) < 4.78 is 3.62. The predicted molar refractivity (Wildman–Crippen MR) is 82.6 cm³/mol. The fraction of sp³-hybridized carbons (Fsp3) is 0.267. The summed E-state index contributed by atoms with van der Waals surface area (Å²) in [5.74, 6) is 0. The molecule has 3 rings (SSSR count). The second kappa shape index (κ2) is 5.69. The van der Waals surface area contributed by atoms with Crippen LogP contribution in [0.3, 0.4) is 0 Å². The zero-order chi connectivity index (χ0) is 14.8. The van der Waals surface area contributed by atoms with E-state index in [2.05, 4.69) is 9.97 Å². The summed E-state index contributed by atoms with van der Waals surface area (Å²) in [5, 5.41) is 0.919. The van der Waals surface area contributed by atoms with E-state index in [1.54, 1.807) is 41.6 Å². The lowest BCUT2D eigenvalue weighted by molar-refractivity contribution is 0.406. The second-order valence-corrected chi connectivity index (χ2v) is 5.32. The maximum absolute atomic E-state index is 12.7. The van der Waals surface area contributed by atoms with Crippen molar-refractivity contribution >= 4 is 22.5 Å². The van der Waals surface area contributed by atoms with Gasteiger partial charge < -0.3 is 4.57 Å². The Labute approximate surface area is 126 Å². The SMILES string of the molecule is CCC(Cn1ccnc1)n1cnc2cccc(Cl)c2c1=O. The largest absolute Gasteiger partial charge is 0.335 e. The van der Waals surface area contributed by atoms with Crippen molar-refractivity contribution < 1.29 is 0 Å². The molecule has 0 amide bonds. The monoisotopic (exact) mass is 302 g/mol. The van der Waals surface area contributed by atoms with E-state index >= 15 is 0 Å². The van der Waals surface area contributed by atoms with Gasteiger partial charge in [0.1, 0.15) is 0 Å². The maximum atomic E-state index is 12.7. The summed E-state index contributed by atoms with van der Waals surface area (Å²) in [5.41, 5.74) is 0.527. The highest BCUT2D eigenvalue weighted by molar-refractivity contribution is 6.35. The number of nitrogens with zero attached hydrogens (tertiary/aromatic N) is 4. The van der Waals surface area contributed by atoms with E-state index in [0.29, 0.717) is 22.5 Å². The number of hydrogen-bond donors (Lipinski definition) is 0. The van der Waals surface area contributed by atoms with Crippen molar-refractivity contribution in [1.29, 1.82) is 0 Å². The second-order valence-electron chi connectivity index (χ2n) is 4.91. The lowest BCUT2D eigenvalue weighted by Crippen LogP contribution is -2.27. The molecule has 6 heteroatoms. The molecular weight excluding hydrogens is 288 g/mol. The number of rotatable bonds is 4. The smallest absolute Gasteiger partial charge is 0.263 e. The van der Waals surface area contributed by atoms with E-state index in [1.165, 1.54) is 0 Å². The lowest BCUT2D eigenvalue weighted by Gasteiger charge is -2.18. The Morgan fingerprint density at radius 1 is 1.33 bits per heavy atom. The van der Waals surface area contributed by atoms with E-state index < -0.39 is 0 Å². The van der Waals surface area contributed by atoms with E-state index in [4.69, 9.17) is 11.6 Å². The molecule has 0 saturated heterocycles. The Morgan fingerprint density at radius 3 is 2.90 bits per heavy atom. The lowest BCUT2D eigenvalue weighted by atomic mass is 10.2. The third kappa shape index (κ3) is 2.56. The predicted octanol–water partition coefficient (Wildman–Crippen LogP) is 2.90. The summed E-state index contributed by atoms with van der Waals surface area (Å²) in [6.45, 7) is 2.72. The zero-order valence-electron chi connectivity index (χ0n) is 11.6. The van der Waals surface area contributed by atoms with Crippen LogP contribution in [0, 0.1) is 0 Å². The first kappa shape index (κ1) is 13.8. The molecule has 21 heavy (non-hydrogen) atoms. The van der Waals surface area contributed by atoms with Crippen LogP contribution in [0.25, 0.3) is 10.9 Å². The Balaban J connectivity index is 2.08. The molecule has 0 saturated carbocycles. The average molecular weight is 303 g/mol. The van der Waals surface area contributed by atoms with Crippen LogP contribution >= 0.6 is 11.6 Å². The van der Waals surface area contributed by atoms with Crippen molar-refractivity contribution in [2.75, 3.05) is 0 Å². The van der Waals surface area contributed by atoms with Crippen molar-refractivity contribution in [3.05, 3.63) is 58.6 Å². The van der Waals surface area contributed by atoms with Crippen LogP contribution in [0.2, 0.25) is 5.02 Å². The number of halogens is 1. The molecule has 1 atom stereocenters. The molecule has 0 radical (unpaired) electrons. The number of fused-ring (bicyclic) bond motifs is 1. The van der Waals surface area contributed by atoms with Crippen molar-refractivity contribution in [3.63, 3.8) is 0 Å². The zero-order valence-corrected chi connectivity index (χ0v) is 12.4. The minimum atomic E-state index is -0.0995. The van der Waals surface area contributed by atoms with Gasteiger partial charge in [-0.05, 0) is 18.6 Å². The van der Waals surface area contributed by atoms with E-state index in [9.17, 15) is 4.79 Å². The Hall–Kier alpha value is -2.14. The molecule has 0 aliphatic heterocycles. The fourth-order valence-electron chi connectivity index (χ4n) is 2.45. The van der Waals surface area contributed by atoms with Crippen molar-refractivity contribution in [2.45, 2.75) is 25.9 Å². The van der Waals surface area contributed by atoms with Gasteiger partial charge in [-0.2, -0.15) is 0 Å². The number of aromatic nitrogens is 4. The quantitative estimate of drug-likeness (QED) is 0.744. The third-order valence-corrected chi connectivity index (χ3v) is 3.92. The van der Waals surface area contributed by atoms with Crippen LogP contribution < -0.4 is 5.56 Å². The highest BCUT2D eigenvalue weighted by Gasteiger charge is 2.14. The van der Waals surface area contributed by atoms with Gasteiger partial charge in [-0.15, -0.1) is 0 Å². The molecule has 0 spiro atoms. The van der Waals surface area contributed by atoms with Gasteiger partial charge in [-0.25, -0.2) is 9.97 Å². The van der Waals surface area contributed by atoms with E-state index in [-0.39, 0.29) is 11.6 Å². The molecule has 108 valence electrons. The van der Waals surface area contributed by atoms with Crippen LogP contribution in [0.5, 0.6) is 0 Å². The molecule has 1 aromatic carbocycles. The first-order valence-electron chi connectivity index (χ1n) is 6.81. The van der Waals surface area contributed by atoms with Crippen molar-refractivity contribution in [1.82, 2.24) is 19.1 Å². The van der Waals surface area contributed by atoms with Gasteiger partial charge in [0.25, 0.3) is 5.56 Å². The van der Waals surface area contributed by atoms with Crippen LogP contribution in [0.15, 0.2) is 48.0 Å². The van der Waals surface area contributed by atoms with Gasteiger partial charge in [-0.3, -0.25) is 9.36 Å². The molecule has 0 aliphatic rings. The third-order valence-electron chi connectivity index (χ3n) is 3.61. The summed E-state index contributed by atoms with van der Waals surface area (Å²) in [7, 11) is 0. The number of hydrogen-bond acceptors (Lipinski definition) is 3. The molecule has 5 nitrogen and oxygen atoms in total. The molecule has 3 aromatic rings. The molecule has 0 fully saturated rings. The summed E-state index contributed by atoms with van der Waals surface area (Å²) in [4.78, 5) is 21.1. The first-order chi connectivity index (χ1) is 10.2. The maximum Gasteiger partial charge on any atom is 0.263 e. The van der Waals surface area contributed by atoms with Gasteiger partial charge >= 0.3 is 0 Å². The average Bonchev–Trinajstić information content (AvgIpc) is 2.99. The Bertz CT molecular complexity index is 810. The van der Waals surface area contributed by atoms with Crippen molar-refractivity contribution in [3.8, 4) is 0 Å². The summed E-state index contributed by atoms with van der Waals surface area (Å²) in [6, 6.07) is 5.32. The first-order valence-corrected chi connectivity index (χ1v) is 7.19. The molecule has 1 unspecified atom stereocenters. The molecule has 0 bridgehead atoms. The van der Waals surface area contributed by atoms with E-state index in [0.717, 1.165) is 6.42 Å². The molecular formula is C15H15ClN4O. The number of imidazole rings is 1. The molecule has 2 heterocycles. The highest BCUT2D eigenvalue weighted by atomic mass is 35.5. The molecule has 0 aliphatic carbocycles. The summed E-state index contributed by atoms with van der Waals surface area (Å²) in [6.07, 6.45) is 7.77. The van der Waals surface area contributed by atoms with Gasteiger partial charge in [0.2, 0.25) is 0 Å². The highest BCUT2D eigenvalue weighted by Crippen LogP contribution is 2.19. The van der Waals surface area contributed by atoms with Crippen molar-refractivity contribution in [2.24, 2.45) is 0 Å². The fourth-order valence-corrected chi connectivity index (χ4v) is 2.70. The number of benzene rings is 1. The van der Waals surface area contributed by atoms with Gasteiger partial charge in [0.15, 0.2) is 0 Å². The van der Waals surface area contributed by atoms with Crippen LogP contribution in [0.1, 0.15) is 19.4 Å². The standard InChI is InChI=1S/C15H15ClN4O/c1-2-11(8-19-7-6-17-9-19)20-10-18-13-5-3-4-12(16)14(13)15(20)21/h3-7,9-11H,2,8H2,1H3. The Morgan fingerprint density at radius 2 is 2.19 bits per heavy atom.